The molecule has 0 aromatic carbocycles. The minimum atomic E-state index is -4.49. The minimum Gasteiger partial charge on any atom is -0.339 e. The molecule has 0 bridgehead atoms. The molecule has 0 aromatic heterocycles. The van der Waals surface area contributed by atoms with Crippen LogP contribution in [0.4, 0.5) is 13.2 Å². The van der Waals surface area contributed by atoms with Crippen molar-refractivity contribution >= 4 is 23.4 Å². The van der Waals surface area contributed by atoms with Crippen molar-refractivity contribution in [3.05, 3.63) is 0 Å². The van der Waals surface area contributed by atoms with E-state index < -0.39 is 18.5 Å². The van der Waals surface area contributed by atoms with Crippen LogP contribution in [0.5, 0.6) is 0 Å². The van der Waals surface area contributed by atoms with Gasteiger partial charge in [0, 0.05) is 26.2 Å². The van der Waals surface area contributed by atoms with Crippen LogP contribution in [0.2, 0.25) is 0 Å². The van der Waals surface area contributed by atoms with Crippen molar-refractivity contribution in [2.45, 2.75) is 12.6 Å². The summed E-state index contributed by atoms with van der Waals surface area (Å²) in [6.45, 7) is 0.708. The summed E-state index contributed by atoms with van der Waals surface area (Å²) in [5.41, 5.74) is 0. The minimum absolute atomic E-state index is 0.123. The maximum Gasteiger partial charge on any atom is 0.397 e. The molecule has 0 spiro atoms. The lowest BCUT2D eigenvalue weighted by Gasteiger charge is -2.34. The Morgan fingerprint density at radius 3 is 1.76 bits per heavy atom. The Balaban J connectivity index is 2.42. The highest BCUT2D eigenvalue weighted by Gasteiger charge is 2.34. The maximum atomic E-state index is 12.0. The van der Waals surface area contributed by atoms with Gasteiger partial charge in [-0.1, -0.05) is 0 Å². The number of nitrogens with zero attached hydrogens (tertiary/aromatic N) is 2. The van der Waals surface area contributed by atoms with Crippen LogP contribution in [0.15, 0.2) is 0 Å². The Labute approximate surface area is 101 Å². The molecule has 0 aliphatic carbocycles. The van der Waals surface area contributed by atoms with Crippen LogP contribution in [0.1, 0.15) is 6.42 Å². The first kappa shape index (κ1) is 14.1. The first-order chi connectivity index (χ1) is 7.83. The van der Waals surface area contributed by atoms with E-state index in [-0.39, 0.29) is 38.0 Å². The van der Waals surface area contributed by atoms with Crippen molar-refractivity contribution in [3.63, 3.8) is 0 Å². The fourth-order valence-corrected chi connectivity index (χ4v) is 1.74. The number of hydrogen-bond acceptors (Lipinski definition) is 2. The van der Waals surface area contributed by atoms with Gasteiger partial charge in [0.2, 0.25) is 11.8 Å². The monoisotopic (exact) mass is 272 g/mol. The van der Waals surface area contributed by atoms with Gasteiger partial charge in [0.1, 0.15) is 12.3 Å². The summed E-state index contributed by atoms with van der Waals surface area (Å²) in [4.78, 5) is 25.0. The normalized spacial score (nSPS) is 17.2. The smallest absolute Gasteiger partial charge is 0.339 e. The Morgan fingerprint density at radius 1 is 1.00 bits per heavy atom. The third kappa shape index (κ3) is 4.41. The summed E-state index contributed by atoms with van der Waals surface area (Å²) in [7, 11) is 0. The Hall–Kier alpha value is -0.980. The standard InChI is InChI=1S/C9H12ClF3N2O2/c10-6-8(17)15-3-1-14(2-4-15)7(16)5-9(11,12)13/h1-6H2. The van der Waals surface area contributed by atoms with Gasteiger partial charge in [0.05, 0.1) is 0 Å². The molecule has 1 fully saturated rings. The van der Waals surface area contributed by atoms with Crippen molar-refractivity contribution < 1.29 is 22.8 Å². The Kier molecular flexibility index (Phi) is 4.62. The molecule has 0 atom stereocenters. The lowest BCUT2D eigenvalue weighted by Crippen LogP contribution is -2.51. The number of piperazine rings is 1. The molecule has 0 saturated carbocycles. The summed E-state index contributed by atoms with van der Waals surface area (Å²) in [6.07, 6.45) is -5.93. The average molecular weight is 273 g/mol. The zero-order valence-electron chi connectivity index (χ0n) is 8.97. The van der Waals surface area contributed by atoms with Gasteiger partial charge in [-0.15, -0.1) is 11.6 Å². The van der Waals surface area contributed by atoms with E-state index >= 15 is 0 Å². The molecule has 0 unspecified atom stereocenters. The number of rotatable bonds is 2. The summed E-state index contributed by atoms with van der Waals surface area (Å²) < 4.78 is 36.0. The van der Waals surface area contributed by atoms with Crippen LogP contribution >= 0.6 is 11.6 Å². The number of hydrogen-bond donors (Lipinski definition) is 0. The zero-order valence-corrected chi connectivity index (χ0v) is 9.72. The summed E-state index contributed by atoms with van der Waals surface area (Å²) >= 11 is 5.35. The molecule has 0 radical (unpaired) electrons. The molecule has 0 N–H and O–H groups in total. The molecule has 98 valence electrons. The van der Waals surface area contributed by atoms with Crippen molar-refractivity contribution in [3.8, 4) is 0 Å². The van der Waals surface area contributed by atoms with Crippen LogP contribution in [0.3, 0.4) is 0 Å². The van der Waals surface area contributed by atoms with Gasteiger partial charge < -0.3 is 9.80 Å². The molecule has 0 aromatic rings. The number of carbonyl (C=O) groups excluding carboxylic acids is 2. The highest BCUT2D eigenvalue weighted by Crippen LogP contribution is 2.21. The van der Waals surface area contributed by atoms with Gasteiger partial charge >= 0.3 is 6.18 Å². The molecule has 1 saturated heterocycles. The number of amides is 2. The highest BCUT2D eigenvalue weighted by atomic mass is 35.5. The van der Waals surface area contributed by atoms with Gasteiger partial charge in [-0.2, -0.15) is 13.2 Å². The van der Waals surface area contributed by atoms with Crippen molar-refractivity contribution in [1.82, 2.24) is 9.80 Å². The van der Waals surface area contributed by atoms with E-state index in [1.807, 2.05) is 0 Å². The molecule has 1 heterocycles. The molecular weight excluding hydrogens is 261 g/mol. The number of halogens is 4. The van der Waals surface area contributed by atoms with E-state index in [1.165, 1.54) is 4.90 Å². The van der Waals surface area contributed by atoms with Crippen molar-refractivity contribution in [1.29, 1.82) is 0 Å². The topological polar surface area (TPSA) is 40.6 Å². The van der Waals surface area contributed by atoms with E-state index in [9.17, 15) is 22.8 Å². The highest BCUT2D eigenvalue weighted by molar-refractivity contribution is 6.27. The van der Waals surface area contributed by atoms with Crippen molar-refractivity contribution in [2.24, 2.45) is 0 Å². The fourth-order valence-electron chi connectivity index (χ4n) is 1.57. The molecule has 1 rings (SSSR count). The molecule has 17 heavy (non-hydrogen) atoms. The molecule has 2 amide bonds. The van der Waals surface area contributed by atoms with Gasteiger partial charge in [-0.25, -0.2) is 0 Å². The largest absolute Gasteiger partial charge is 0.397 e. The molecule has 1 aliphatic heterocycles. The predicted octanol–water partition coefficient (Wildman–Crippen LogP) is 0.848. The Morgan fingerprint density at radius 2 is 1.41 bits per heavy atom. The van der Waals surface area contributed by atoms with Crippen molar-refractivity contribution in [2.75, 3.05) is 32.1 Å². The predicted molar refractivity (Wildman–Crippen MR) is 54.6 cm³/mol. The second-order valence-corrected chi connectivity index (χ2v) is 3.95. The second kappa shape index (κ2) is 5.57. The van der Waals surface area contributed by atoms with E-state index in [2.05, 4.69) is 0 Å². The van der Waals surface area contributed by atoms with Crippen LogP contribution in [-0.2, 0) is 9.59 Å². The maximum absolute atomic E-state index is 12.0. The molecule has 1 aliphatic rings. The number of carbonyl (C=O) groups is 2. The van der Waals surface area contributed by atoms with E-state index in [0.29, 0.717) is 0 Å². The molecule has 8 heteroatoms. The molecule has 4 nitrogen and oxygen atoms in total. The quantitative estimate of drug-likeness (QED) is 0.699. The number of alkyl halides is 4. The van der Waals surface area contributed by atoms with E-state index in [0.717, 1.165) is 4.90 Å². The van der Waals surface area contributed by atoms with Gasteiger partial charge in [-0.3, -0.25) is 9.59 Å². The first-order valence-corrected chi connectivity index (χ1v) is 5.55. The van der Waals surface area contributed by atoms with Crippen LogP contribution in [0.25, 0.3) is 0 Å². The van der Waals surface area contributed by atoms with Crippen LogP contribution in [-0.4, -0.2) is 59.8 Å². The first-order valence-electron chi connectivity index (χ1n) is 5.02. The lowest BCUT2D eigenvalue weighted by atomic mass is 10.2. The van der Waals surface area contributed by atoms with Gasteiger partial charge in [0.15, 0.2) is 0 Å². The summed E-state index contributed by atoms with van der Waals surface area (Å²) in [5.74, 6) is -1.37. The lowest BCUT2D eigenvalue weighted by molar-refractivity contribution is -0.163. The van der Waals surface area contributed by atoms with Gasteiger partial charge in [-0.05, 0) is 0 Å². The molecular formula is C9H12ClF3N2O2. The Bertz CT molecular complexity index is 301. The van der Waals surface area contributed by atoms with Gasteiger partial charge in [0.25, 0.3) is 0 Å². The fraction of sp³-hybridized carbons (Fsp3) is 0.778. The van der Waals surface area contributed by atoms with E-state index in [1.54, 1.807) is 0 Å². The average Bonchev–Trinajstić information content (AvgIpc) is 2.26. The second-order valence-electron chi connectivity index (χ2n) is 3.69. The van der Waals surface area contributed by atoms with Crippen LogP contribution < -0.4 is 0 Å². The SMILES string of the molecule is O=C(CCl)N1CCN(C(=O)CC(F)(F)F)CC1. The van der Waals surface area contributed by atoms with E-state index in [4.69, 9.17) is 11.6 Å². The van der Waals surface area contributed by atoms with Crippen LogP contribution in [0, 0.1) is 0 Å². The third-order valence-electron chi connectivity index (χ3n) is 2.45. The third-order valence-corrected chi connectivity index (χ3v) is 2.68. The zero-order chi connectivity index (χ0) is 13.1. The summed E-state index contributed by atoms with van der Waals surface area (Å²) in [6, 6.07) is 0. The summed E-state index contributed by atoms with van der Waals surface area (Å²) in [5, 5.41) is 0.